The summed E-state index contributed by atoms with van der Waals surface area (Å²) in [5.74, 6) is 0.480. The van der Waals surface area contributed by atoms with Gasteiger partial charge in [-0.1, -0.05) is 30.0 Å². The minimum Gasteiger partial charge on any atom is -0.290 e. The highest BCUT2D eigenvalue weighted by Gasteiger charge is 2.19. The Hall–Kier alpha value is -2.89. The third-order valence-electron chi connectivity index (χ3n) is 4.98. The summed E-state index contributed by atoms with van der Waals surface area (Å²) >= 11 is 2.98. The van der Waals surface area contributed by atoms with Gasteiger partial charge in [0.05, 0.1) is 28.0 Å². The van der Waals surface area contributed by atoms with Crippen LogP contribution in [-0.4, -0.2) is 19.3 Å². The number of hydrogen-bond acceptors (Lipinski definition) is 6. The third-order valence-corrected chi connectivity index (χ3v) is 7.12. The molecule has 3 aromatic heterocycles. The monoisotopic (exact) mass is 421 g/mol. The first kappa shape index (κ1) is 19.4. The molecule has 6 nitrogen and oxygen atoms in total. The molecule has 4 rings (SSSR count). The lowest BCUT2D eigenvalue weighted by molar-refractivity contribution is 0.726. The van der Waals surface area contributed by atoms with E-state index in [0.29, 0.717) is 27.6 Å². The molecule has 0 saturated heterocycles. The maximum atomic E-state index is 12.9. The number of thiophene rings is 1. The second-order valence-electron chi connectivity index (χ2n) is 6.78. The number of aromatic nitrogens is 4. The number of hydrogen-bond donors (Lipinski definition) is 0. The van der Waals surface area contributed by atoms with Crippen LogP contribution in [0.5, 0.6) is 0 Å². The zero-order chi connectivity index (χ0) is 20.7. The Morgan fingerprint density at radius 3 is 2.62 bits per heavy atom. The van der Waals surface area contributed by atoms with Crippen LogP contribution in [-0.2, 0) is 12.8 Å². The summed E-state index contributed by atoms with van der Waals surface area (Å²) in [4.78, 5) is 19.5. The molecule has 8 heteroatoms. The van der Waals surface area contributed by atoms with Gasteiger partial charge < -0.3 is 0 Å². The molecule has 0 bridgehead atoms. The Bertz CT molecular complexity index is 1330. The molecule has 0 amide bonds. The molecule has 0 spiro atoms. The second kappa shape index (κ2) is 7.50. The maximum absolute atomic E-state index is 12.9. The van der Waals surface area contributed by atoms with Gasteiger partial charge in [-0.25, -0.2) is 9.67 Å². The minimum atomic E-state index is -0.0346. The smallest absolute Gasteiger partial charge is 0.262 e. The Labute approximate surface area is 176 Å². The lowest BCUT2D eigenvalue weighted by Gasteiger charge is -2.10. The van der Waals surface area contributed by atoms with Gasteiger partial charge in [0.15, 0.2) is 5.16 Å². The molecule has 0 aliphatic carbocycles. The van der Waals surface area contributed by atoms with E-state index in [2.05, 4.69) is 11.2 Å². The predicted molar refractivity (Wildman–Crippen MR) is 117 cm³/mol. The molecule has 29 heavy (non-hydrogen) atoms. The van der Waals surface area contributed by atoms with Gasteiger partial charge in [0.25, 0.3) is 5.56 Å². The topological polar surface area (TPSA) is 76.5 Å². The highest BCUT2D eigenvalue weighted by molar-refractivity contribution is 7.98. The first-order valence-electron chi connectivity index (χ1n) is 9.06. The van der Waals surface area contributed by atoms with Gasteiger partial charge in [-0.2, -0.15) is 10.4 Å². The van der Waals surface area contributed by atoms with Crippen molar-refractivity contribution in [2.24, 2.45) is 7.05 Å². The van der Waals surface area contributed by atoms with Crippen molar-refractivity contribution in [3.63, 3.8) is 0 Å². The number of thioether (sulfide) groups is 1. The molecular formula is C21H19N5OS2. The summed E-state index contributed by atoms with van der Waals surface area (Å²) in [5.41, 5.74) is 3.92. The molecule has 3 heterocycles. The summed E-state index contributed by atoms with van der Waals surface area (Å²) < 4.78 is 3.39. The molecular weight excluding hydrogens is 402 g/mol. The van der Waals surface area contributed by atoms with Gasteiger partial charge in [0.2, 0.25) is 0 Å². The lowest BCUT2D eigenvalue weighted by atomic mass is 10.2. The number of para-hydroxylation sites is 1. The third kappa shape index (κ3) is 3.26. The molecule has 0 aliphatic rings. The lowest BCUT2D eigenvalue weighted by Crippen LogP contribution is -2.20. The molecule has 0 fully saturated rings. The van der Waals surface area contributed by atoms with Crippen molar-refractivity contribution in [1.29, 1.82) is 5.26 Å². The van der Waals surface area contributed by atoms with E-state index < -0.39 is 0 Å². The molecule has 0 saturated carbocycles. The highest BCUT2D eigenvalue weighted by Crippen LogP contribution is 2.30. The fourth-order valence-corrected chi connectivity index (χ4v) is 5.30. The summed E-state index contributed by atoms with van der Waals surface area (Å²) in [6.07, 6.45) is 0. The van der Waals surface area contributed by atoms with E-state index in [1.54, 1.807) is 27.6 Å². The number of nitrogens with zero attached hydrogens (tertiary/aromatic N) is 5. The summed E-state index contributed by atoms with van der Waals surface area (Å²) in [6, 6.07) is 12.0. The van der Waals surface area contributed by atoms with Crippen LogP contribution in [0, 0.1) is 32.1 Å². The van der Waals surface area contributed by atoms with E-state index in [0.717, 1.165) is 26.7 Å². The van der Waals surface area contributed by atoms with E-state index in [1.807, 2.05) is 51.1 Å². The van der Waals surface area contributed by atoms with Crippen molar-refractivity contribution >= 4 is 33.3 Å². The standard InChI is InChI=1S/C21H19N5OS2/c1-12-14(3)29-19-18(12)20(27)25(4)21(23-19)28-11-17-16(10-22)13(2)24-26(17)15-8-6-5-7-9-15/h5-9H,11H2,1-4H3. The first-order chi connectivity index (χ1) is 13.9. The summed E-state index contributed by atoms with van der Waals surface area (Å²) in [5, 5.41) is 15.5. The van der Waals surface area contributed by atoms with Crippen molar-refractivity contribution in [2.75, 3.05) is 0 Å². The van der Waals surface area contributed by atoms with Gasteiger partial charge in [-0.3, -0.25) is 9.36 Å². The van der Waals surface area contributed by atoms with Gasteiger partial charge in [0, 0.05) is 17.7 Å². The van der Waals surface area contributed by atoms with Crippen molar-refractivity contribution < 1.29 is 0 Å². The van der Waals surface area contributed by atoms with E-state index in [1.165, 1.54) is 11.8 Å². The van der Waals surface area contributed by atoms with Crippen LogP contribution in [0.15, 0.2) is 40.3 Å². The Kier molecular flexibility index (Phi) is 5.03. The zero-order valence-corrected chi connectivity index (χ0v) is 18.2. The van der Waals surface area contributed by atoms with Crippen molar-refractivity contribution in [3.8, 4) is 11.8 Å². The van der Waals surface area contributed by atoms with Crippen LogP contribution in [0.3, 0.4) is 0 Å². The fourth-order valence-electron chi connectivity index (χ4n) is 3.25. The van der Waals surface area contributed by atoms with Crippen LogP contribution < -0.4 is 5.56 Å². The molecule has 0 unspecified atom stereocenters. The normalized spacial score (nSPS) is 11.1. The van der Waals surface area contributed by atoms with Crippen LogP contribution >= 0.6 is 23.1 Å². The average Bonchev–Trinajstić information content (AvgIpc) is 3.19. The molecule has 0 atom stereocenters. The predicted octanol–water partition coefficient (Wildman–Crippen LogP) is 4.27. The van der Waals surface area contributed by atoms with E-state index >= 15 is 0 Å². The number of rotatable bonds is 4. The van der Waals surface area contributed by atoms with E-state index in [-0.39, 0.29) is 5.56 Å². The number of nitriles is 1. The van der Waals surface area contributed by atoms with Gasteiger partial charge in [-0.05, 0) is 38.5 Å². The van der Waals surface area contributed by atoms with E-state index in [9.17, 15) is 10.1 Å². The average molecular weight is 422 g/mol. The van der Waals surface area contributed by atoms with Crippen molar-refractivity contribution in [1.82, 2.24) is 19.3 Å². The number of aryl methyl sites for hydroxylation is 3. The van der Waals surface area contributed by atoms with Crippen molar-refractivity contribution in [2.45, 2.75) is 31.7 Å². The number of fused-ring (bicyclic) bond motifs is 1. The Morgan fingerprint density at radius 2 is 1.93 bits per heavy atom. The molecule has 4 aromatic rings. The van der Waals surface area contributed by atoms with Gasteiger partial charge in [0.1, 0.15) is 10.9 Å². The SMILES string of the molecule is Cc1nn(-c2ccccc2)c(CSc2nc3sc(C)c(C)c3c(=O)n2C)c1C#N. The second-order valence-corrected chi connectivity index (χ2v) is 8.92. The summed E-state index contributed by atoms with van der Waals surface area (Å²) in [7, 11) is 1.74. The van der Waals surface area contributed by atoms with Crippen LogP contribution in [0.25, 0.3) is 15.9 Å². The molecule has 0 N–H and O–H groups in total. The minimum absolute atomic E-state index is 0.0346. The Morgan fingerprint density at radius 1 is 1.21 bits per heavy atom. The zero-order valence-electron chi connectivity index (χ0n) is 16.6. The fraction of sp³-hybridized carbons (Fsp3) is 0.238. The maximum Gasteiger partial charge on any atom is 0.262 e. The summed E-state index contributed by atoms with van der Waals surface area (Å²) in [6.45, 7) is 5.81. The molecule has 0 aliphatic heterocycles. The van der Waals surface area contributed by atoms with E-state index in [4.69, 9.17) is 4.98 Å². The van der Waals surface area contributed by atoms with Gasteiger partial charge >= 0.3 is 0 Å². The highest BCUT2D eigenvalue weighted by atomic mass is 32.2. The van der Waals surface area contributed by atoms with Crippen LogP contribution in [0.2, 0.25) is 0 Å². The largest absolute Gasteiger partial charge is 0.290 e. The molecule has 146 valence electrons. The van der Waals surface area contributed by atoms with Crippen molar-refractivity contribution in [3.05, 3.63) is 68.1 Å². The van der Waals surface area contributed by atoms with Crippen LogP contribution in [0.1, 0.15) is 27.4 Å². The molecule has 1 aromatic carbocycles. The first-order valence-corrected chi connectivity index (χ1v) is 10.9. The molecule has 0 radical (unpaired) electrons. The quantitative estimate of drug-likeness (QED) is 0.363. The Balaban J connectivity index is 1.76. The van der Waals surface area contributed by atoms with Crippen LogP contribution in [0.4, 0.5) is 0 Å². The van der Waals surface area contributed by atoms with Gasteiger partial charge in [-0.15, -0.1) is 11.3 Å². The number of benzene rings is 1.